The number of hydrogen-bond acceptors (Lipinski definition) is 3. The topological polar surface area (TPSA) is 41.5 Å². The molecule has 0 spiro atoms. The molecule has 2 aromatic rings. The Balaban J connectivity index is 1.87. The lowest BCUT2D eigenvalue weighted by Gasteiger charge is -2.17. The molecule has 2 N–H and O–H groups in total. The van der Waals surface area contributed by atoms with E-state index in [0.29, 0.717) is 6.61 Å². The van der Waals surface area contributed by atoms with E-state index in [-0.39, 0.29) is 11.8 Å². The summed E-state index contributed by atoms with van der Waals surface area (Å²) in [6, 6.07) is 17.4. The van der Waals surface area contributed by atoms with Crippen LogP contribution in [-0.4, -0.2) is 5.11 Å². The SMILES string of the molecule is CCC(NOCc1ccccc1)c1ccc(O)cc1. The number of hydrogen-bond donors (Lipinski definition) is 2. The van der Waals surface area contributed by atoms with Crippen molar-refractivity contribution in [1.29, 1.82) is 0 Å². The minimum Gasteiger partial charge on any atom is -0.508 e. The van der Waals surface area contributed by atoms with Crippen molar-refractivity contribution in [2.24, 2.45) is 0 Å². The number of nitrogens with one attached hydrogen (secondary N) is 1. The number of hydroxylamine groups is 1. The molecule has 0 bridgehead atoms. The Bertz CT molecular complexity index is 482. The van der Waals surface area contributed by atoms with Crippen molar-refractivity contribution in [3.8, 4) is 5.75 Å². The lowest BCUT2D eigenvalue weighted by atomic mass is 10.1. The summed E-state index contributed by atoms with van der Waals surface area (Å²) >= 11 is 0. The zero-order chi connectivity index (χ0) is 13.5. The molecule has 2 aromatic carbocycles. The summed E-state index contributed by atoms with van der Waals surface area (Å²) in [6.45, 7) is 2.63. The van der Waals surface area contributed by atoms with Gasteiger partial charge >= 0.3 is 0 Å². The fourth-order valence-corrected chi connectivity index (χ4v) is 1.89. The molecule has 0 heterocycles. The molecule has 0 aromatic heterocycles. The molecule has 1 unspecified atom stereocenters. The molecule has 0 radical (unpaired) electrons. The minimum absolute atomic E-state index is 0.129. The maximum Gasteiger partial charge on any atom is 0.115 e. The maximum absolute atomic E-state index is 9.28. The molecule has 0 saturated carbocycles. The fraction of sp³-hybridized carbons (Fsp3) is 0.250. The Hall–Kier alpha value is -1.84. The predicted octanol–water partition coefficient (Wildman–Crippen LogP) is 3.56. The van der Waals surface area contributed by atoms with E-state index >= 15 is 0 Å². The normalized spacial score (nSPS) is 12.3. The van der Waals surface area contributed by atoms with E-state index in [4.69, 9.17) is 4.84 Å². The average molecular weight is 257 g/mol. The van der Waals surface area contributed by atoms with E-state index in [0.717, 1.165) is 17.5 Å². The number of benzene rings is 2. The monoisotopic (exact) mass is 257 g/mol. The Kier molecular flexibility index (Phi) is 4.95. The van der Waals surface area contributed by atoms with Crippen LogP contribution in [0.4, 0.5) is 0 Å². The number of phenolic OH excluding ortho intramolecular Hbond substituents is 1. The Morgan fingerprint density at radius 3 is 2.37 bits per heavy atom. The van der Waals surface area contributed by atoms with Gasteiger partial charge in [-0.05, 0) is 29.7 Å². The zero-order valence-electron chi connectivity index (χ0n) is 11.0. The molecule has 3 nitrogen and oxygen atoms in total. The highest BCUT2D eigenvalue weighted by atomic mass is 16.6. The smallest absolute Gasteiger partial charge is 0.115 e. The van der Waals surface area contributed by atoms with E-state index in [9.17, 15) is 5.11 Å². The molecule has 2 rings (SSSR count). The summed E-state index contributed by atoms with van der Waals surface area (Å²) in [5.41, 5.74) is 5.31. The van der Waals surface area contributed by atoms with Crippen molar-refractivity contribution < 1.29 is 9.94 Å². The summed E-state index contributed by atoms with van der Waals surface area (Å²) in [4.78, 5) is 5.54. The van der Waals surface area contributed by atoms with Gasteiger partial charge in [-0.25, -0.2) is 0 Å². The van der Waals surface area contributed by atoms with Crippen LogP contribution in [0.5, 0.6) is 5.75 Å². The van der Waals surface area contributed by atoms with Gasteiger partial charge in [0.25, 0.3) is 0 Å². The summed E-state index contributed by atoms with van der Waals surface area (Å²) in [6.07, 6.45) is 0.916. The molecule has 19 heavy (non-hydrogen) atoms. The minimum atomic E-state index is 0.129. The van der Waals surface area contributed by atoms with Crippen molar-refractivity contribution in [3.05, 3.63) is 65.7 Å². The van der Waals surface area contributed by atoms with Crippen LogP contribution in [0.2, 0.25) is 0 Å². The van der Waals surface area contributed by atoms with Gasteiger partial charge in [-0.2, -0.15) is 5.48 Å². The van der Waals surface area contributed by atoms with Crippen LogP contribution < -0.4 is 5.48 Å². The molecule has 0 aliphatic rings. The molecule has 1 atom stereocenters. The van der Waals surface area contributed by atoms with Crippen molar-refractivity contribution in [2.45, 2.75) is 26.0 Å². The molecule has 3 heteroatoms. The lowest BCUT2D eigenvalue weighted by Crippen LogP contribution is -2.21. The van der Waals surface area contributed by atoms with Gasteiger partial charge in [0.15, 0.2) is 0 Å². The van der Waals surface area contributed by atoms with E-state index < -0.39 is 0 Å². The van der Waals surface area contributed by atoms with Gasteiger partial charge in [0, 0.05) is 0 Å². The van der Waals surface area contributed by atoms with Gasteiger partial charge < -0.3 is 5.11 Å². The second-order valence-corrected chi connectivity index (χ2v) is 4.44. The van der Waals surface area contributed by atoms with Crippen molar-refractivity contribution >= 4 is 0 Å². The Morgan fingerprint density at radius 1 is 1.05 bits per heavy atom. The first kappa shape index (κ1) is 13.6. The molecule has 0 saturated heterocycles. The zero-order valence-corrected chi connectivity index (χ0v) is 11.0. The third kappa shape index (κ3) is 4.09. The highest BCUT2D eigenvalue weighted by Gasteiger charge is 2.08. The van der Waals surface area contributed by atoms with Crippen LogP contribution in [0.3, 0.4) is 0 Å². The predicted molar refractivity (Wildman–Crippen MR) is 75.5 cm³/mol. The van der Waals surface area contributed by atoms with E-state index in [1.807, 2.05) is 42.5 Å². The second-order valence-electron chi connectivity index (χ2n) is 4.44. The van der Waals surface area contributed by atoms with Crippen LogP contribution >= 0.6 is 0 Å². The largest absolute Gasteiger partial charge is 0.508 e. The van der Waals surface area contributed by atoms with E-state index in [1.54, 1.807) is 12.1 Å². The molecule has 0 amide bonds. The van der Waals surface area contributed by atoms with Crippen LogP contribution in [0.25, 0.3) is 0 Å². The third-order valence-corrected chi connectivity index (χ3v) is 3.01. The van der Waals surface area contributed by atoms with Crippen LogP contribution in [0.15, 0.2) is 54.6 Å². The molecule has 100 valence electrons. The number of aromatic hydroxyl groups is 1. The number of phenols is 1. The highest BCUT2D eigenvalue weighted by molar-refractivity contribution is 5.27. The summed E-state index contributed by atoms with van der Waals surface area (Å²) in [5, 5.41) is 9.28. The maximum atomic E-state index is 9.28. The summed E-state index contributed by atoms with van der Waals surface area (Å²) < 4.78 is 0. The molecule has 0 fully saturated rings. The molecule has 0 aliphatic carbocycles. The van der Waals surface area contributed by atoms with Crippen molar-refractivity contribution in [3.63, 3.8) is 0 Å². The van der Waals surface area contributed by atoms with Crippen LogP contribution in [0, 0.1) is 0 Å². The first-order valence-electron chi connectivity index (χ1n) is 6.49. The van der Waals surface area contributed by atoms with Crippen molar-refractivity contribution in [2.75, 3.05) is 0 Å². The van der Waals surface area contributed by atoms with Gasteiger partial charge in [0.2, 0.25) is 0 Å². The van der Waals surface area contributed by atoms with E-state index in [1.165, 1.54) is 0 Å². The Labute approximate surface area is 113 Å². The summed E-state index contributed by atoms with van der Waals surface area (Å²) in [7, 11) is 0. The highest BCUT2D eigenvalue weighted by Crippen LogP contribution is 2.19. The van der Waals surface area contributed by atoms with Gasteiger partial charge in [-0.3, -0.25) is 4.84 Å². The van der Waals surface area contributed by atoms with E-state index in [2.05, 4.69) is 12.4 Å². The van der Waals surface area contributed by atoms with Crippen LogP contribution in [0.1, 0.15) is 30.5 Å². The standard InChI is InChI=1S/C16H19NO2/c1-2-16(14-8-10-15(18)11-9-14)17-19-12-13-6-4-3-5-7-13/h3-11,16-18H,2,12H2,1H3. The second kappa shape index (κ2) is 6.92. The molecular formula is C16H19NO2. The molecular weight excluding hydrogens is 238 g/mol. The van der Waals surface area contributed by atoms with Gasteiger partial charge in [0.05, 0.1) is 12.6 Å². The van der Waals surface area contributed by atoms with Crippen LogP contribution in [-0.2, 0) is 11.4 Å². The first-order valence-corrected chi connectivity index (χ1v) is 6.49. The van der Waals surface area contributed by atoms with Gasteiger partial charge in [-0.15, -0.1) is 0 Å². The average Bonchev–Trinajstić information content (AvgIpc) is 2.46. The summed E-state index contributed by atoms with van der Waals surface area (Å²) in [5.74, 6) is 0.281. The molecule has 0 aliphatic heterocycles. The van der Waals surface area contributed by atoms with Gasteiger partial charge in [0.1, 0.15) is 5.75 Å². The van der Waals surface area contributed by atoms with Crippen molar-refractivity contribution in [1.82, 2.24) is 5.48 Å². The third-order valence-electron chi connectivity index (χ3n) is 3.01. The lowest BCUT2D eigenvalue weighted by molar-refractivity contribution is 0.00202. The quantitative estimate of drug-likeness (QED) is 0.777. The number of rotatable bonds is 6. The first-order chi connectivity index (χ1) is 9.29. The fourth-order valence-electron chi connectivity index (χ4n) is 1.89. The Morgan fingerprint density at radius 2 is 1.74 bits per heavy atom. The van der Waals surface area contributed by atoms with Gasteiger partial charge in [-0.1, -0.05) is 49.4 Å².